The van der Waals surface area contributed by atoms with Gasteiger partial charge in [0.25, 0.3) is 0 Å². The number of rotatable bonds is 4. The quantitative estimate of drug-likeness (QED) is 0.872. The van der Waals surface area contributed by atoms with E-state index in [0.717, 1.165) is 54.0 Å². The maximum Gasteiger partial charge on any atom is 0.307 e. The standard InChI is InChI=1S/C22H28N2O2/c1-15-7-5-6-8-17(15)19-14-23-16(2)18(13-20(25)26)21(19)24-11-9-22(3,4)10-12-24/h5-8,14H,9-13H2,1-4H3,(H,25,26). The van der Waals surface area contributed by atoms with Crippen molar-refractivity contribution in [2.75, 3.05) is 18.0 Å². The van der Waals surface area contributed by atoms with Crippen LogP contribution in [0.4, 0.5) is 5.69 Å². The molecule has 2 heterocycles. The number of pyridine rings is 1. The summed E-state index contributed by atoms with van der Waals surface area (Å²) in [5.41, 5.74) is 6.41. The fourth-order valence-electron chi connectivity index (χ4n) is 3.77. The van der Waals surface area contributed by atoms with Gasteiger partial charge in [-0.2, -0.15) is 0 Å². The summed E-state index contributed by atoms with van der Waals surface area (Å²) in [6, 6.07) is 8.25. The van der Waals surface area contributed by atoms with E-state index in [9.17, 15) is 9.90 Å². The lowest BCUT2D eigenvalue weighted by Crippen LogP contribution is -2.38. The molecule has 0 atom stereocenters. The van der Waals surface area contributed by atoms with E-state index >= 15 is 0 Å². The van der Waals surface area contributed by atoms with Crippen LogP contribution in [-0.2, 0) is 11.2 Å². The van der Waals surface area contributed by atoms with Crippen molar-refractivity contribution in [3.63, 3.8) is 0 Å². The Morgan fingerprint density at radius 1 is 1.15 bits per heavy atom. The number of hydrogen-bond donors (Lipinski definition) is 1. The zero-order valence-electron chi connectivity index (χ0n) is 16.2. The summed E-state index contributed by atoms with van der Waals surface area (Å²) in [7, 11) is 0. The minimum absolute atomic E-state index is 0.00772. The number of hydrogen-bond acceptors (Lipinski definition) is 3. The summed E-state index contributed by atoms with van der Waals surface area (Å²) in [4.78, 5) is 18.4. The summed E-state index contributed by atoms with van der Waals surface area (Å²) in [6.07, 6.45) is 4.13. The SMILES string of the molecule is Cc1ccccc1-c1cnc(C)c(CC(=O)O)c1N1CCC(C)(C)CC1. The predicted molar refractivity (Wildman–Crippen MR) is 106 cm³/mol. The smallest absolute Gasteiger partial charge is 0.307 e. The third-order valence-electron chi connectivity index (χ3n) is 5.56. The van der Waals surface area contributed by atoms with Crippen LogP contribution in [0.5, 0.6) is 0 Å². The maximum absolute atomic E-state index is 11.5. The van der Waals surface area contributed by atoms with E-state index in [1.54, 1.807) is 0 Å². The zero-order chi connectivity index (χ0) is 18.9. The van der Waals surface area contributed by atoms with Crippen LogP contribution >= 0.6 is 0 Å². The lowest BCUT2D eigenvalue weighted by atomic mass is 9.82. The molecule has 1 aliphatic heterocycles. The van der Waals surface area contributed by atoms with E-state index in [2.05, 4.69) is 42.8 Å². The van der Waals surface area contributed by atoms with Crippen molar-refractivity contribution in [2.24, 2.45) is 5.41 Å². The molecule has 2 aromatic rings. The van der Waals surface area contributed by atoms with Crippen LogP contribution < -0.4 is 4.90 Å². The van der Waals surface area contributed by atoms with E-state index in [1.807, 2.05) is 25.3 Å². The zero-order valence-corrected chi connectivity index (χ0v) is 16.2. The molecule has 138 valence electrons. The van der Waals surface area contributed by atoms with E-state index in [1.165, 1.54) is 5.56 Å². The number of benzene rings is 1. The molecule has 26 heavy (non-hydrogen) atoms. The van der Waals surface area contributed by atoms with Crippen molar-refractivity contribution in [1.82, 2.24) is 4.98 Å². The van der Waals surface area contributed by atoms with Gasteiger partial charge in [0.05, 0.1) is 12.1 Å². The lowest BCUT2D eigenvalue weighted by molar-refractivity contribution is -0.136. The number of aromatic nitrogens is 1. The molecule has 0 aliphatic carbocycles. The van der Waals surface area contributed by atoms with Gasteiger partial charge in [-0.15, -0.1) is 0 Å². The van der Waals surface area contributed by atoms with Crippen LogP contribution in [0.3, 0.4) is 0 Å². The average Bonchev–Trinajstić information content (AvgIpc) is 2.57. The molecule has 1 fully saturated rings. The first-order valence-electron chi connectivity index (χ1n) is 9.30. The molecule has 1 aliphatic rings. The summed E-state index contributed by atoms with van der Waals surface area (Å²) >= 11 is 0. The third-order valence-corrected chi connectivity index (χ3v) is 5.56. The number of piperidine rings is 1. The molecular weight excluding hydrogens is 324 g/mol. The van der Waals surface area contributed by atoms with Crippen molar-refractivity contribution in [3.8, 4) is 11.1 Å². The number of aryl methyl sites for hydroxylation is 2. The Hall–Kier alpha value is -2.36. The summed E-state index contributed by atoms with van der Waals surface area (Å²) < 4.78 is 0. The van der Waals surface area contributed by atoms with E-state index in [-0.39, 0.29) is 6.42 Å². The highest BCUT2D eigenvalue weighted by Crippen LogP contribution is 2.40. The Labute approximate surface area is 155 Å². The molecule has 4 nitrogen and oxygen atoms in total. The Kier molecular flexibility index (Phi) is 5.03. The highest BCUT2D eigenvalue weighted by molar-refractivity contribution is 5.85. The minimum Gasteiger partial charge on any atom is -0.481 e. The third kappa shape index (κ3) is 3.74. The molecular formula is C22H28N2O2. The molecule has 0 bridgehead atoms. The molecule has 0 spiro atoms. The van der Waals surface area contributed by atoms with E-state index < -0.39 is 5.97 Å². The maximum atomic E-state index is 11.5. The van der Waals surface area contributed by atoms with Gasteiger partial charge >= 0.3 is 5.97 Å². The van der Waals surface area contributed by atoms with Crippen molar-refractivity contribution in [1.29, 1.82) is 0 Å². The van der Waals surface area contributed by atoms with Crippen LogP contribution in [0.2, 0.25) is 0 Å². The first kappa shape index (κ1) is 18.4. The second-order valence-electron chi connectivity index (χ2n) is 8.12. The molecule has 4 heteroatoms. The van der Waals surface area contributed by atoms with Gasteiger partial charge in [0.15, 0.2) is 0 Å². The Balaban J connectivity index is 2.16. The lowest BCUT2D eigenvalue weighted by Gasteiger charge is -2.40. The number of carboxylic acid groups (broad SMARTS) is 1. The first-order chi connectivity index (χ1) is 12.3. The van der Waals surface area contributed by atoms with E-state index in [4.69, 9.17) is 0 Å². The number of nitrogens with zero attached hydrogens (tertiary/aromatic N) is 2. The topological polar surface area (TPSA) is 53.4 Å². The summed E-state index contributed by atoms with van der Waals surface area (Å²) in [5, 5.41) is 9.47. The van der Waals surface area contributed by atoms with Gasteiger partial charge in [-0.1, -0.05) is 38.1 Å². The molecule has 0 amide bonds. The van der Waals surface area contributed by atoms with Gasteiger partial charge in [0.2, 0.25) is 0 Å². The van der Waals surface area contributed by atoms with Crippen LogP contribution in [0.15, 0.2) is 30.5 Å². The molecule has 1 aromatic carbocycles. The number of carboxylic acids is 1. The fourth-order valence-corrected chi connectivity index (χ4v) is 3.77. The van der Waals surface area contributed by atoms with Crippen LogP contribution in [0, 0.1) is 19.3 Å². The second-order valence-corrected chi connectivity index (χ2v) is 8.12. The van der Waals surface area contributed by atoms with Crippen molar-refractivity contribution < 1.29 is 9.90 Å². The van der Waals surface area contributed by atoms with E-state index in [0.29, 0.717) is 5.41 Å². The average molecular weight is 352 g/mol. The largest absolute Gasteiger partial charge is 0.481 e. The molecule has 1 aromatic heterocycles. The molecule has 0 unspecified atom stereocenters. The molecule has 1 saturated heterocycles. The predicted octanol–water partition coefficient (Wildman–Crippen LogP) is 4.62. The van der Waals surface area contributed by atoms with Crippen molar-refractivity contribution in [3.05, 3.63) is 47.3 Å². The molecule has 3 rings (SSSR count). The van der Waals surface area contributed by atoms with Gasteiger partial charge in [0.1, 0.15) is 0 Å². The Bertz CT molecular complexity index is 817. The number of carbonyl (C=O) groups is 1. The molecule has 0 saturated carbocycles. The van der Waals surface area contributed by atoms with Crippen LogP contribution in [0.25, 0.3) is 11.1 Å². The minimum atomic E-state index is -0.810. The van der Waals surface area contributed by atoms with Crippen molar-refractivity contribution in [2.45, 2.75) is 47.0 Å². The highest BCUT2D eigenvalue weighted by Gasteiger charge is 2.29. The van der Waals surface area contributed by atoms with Crippen LogP contribution in [0.1, 0.15) is 43.5 Å². The number of aliphatic carboxylic acids is 1. The number of anilines is 1. The summed E-state index contributed by atoms with van der Waals surface area (Å²) in [6.45, 7) is 10.5. The normalized spacial score (nSPS) is 16.5. The van der Waals surface area contributed by atoms with Gasteiger partial charge in [0, 0.05) is 36.1 Å². The van der Waals surface area contributed by atoms with Crippen molar-refractivity contribution >= 4 is 11.7 Å². The van der Waals surface area contributed by atoms with Gasteiger partial charge in [-0.3, -0.25) is 9.78 Å². The van der Waals surface area contributed by atoms with Gasteiger partial charge in [-0.25, -0.2) is 0 Å². The molecule has 0 radical (unpaired) electrons. The fraction of sp³-hybridized carbons (Fsp3) is 0.455. The highest BCUT2D eigenvalue weighted by atomic mass is 16.4. The first-order valence-corrected chi connectivity index (χ1v) is 9.30. The van der Waals surface area contributed by atoms with Gasteiger partial charge in [-0.05, 0) is 43.2 Å². The second kappa shape index (κ2) is 7.10. The van der Waals surface area contributed by atoms with Crippen LogP contribution in [-0.4, -0.2) is 29.1 Å². The monoisotopic (exact) mass is 352 g/mol. The Morgan fingerprint density at radius 2 is 1.81 bits per heavy atom. The van der Waals surface area contributed by atoms with Gasteiger partial charge < -0.3 is 10.0 Å². The summed E-state index contributed by atoms with van der Waals surface area (Å²) in [5.74, 6) is -0.810. The molecule has 1 N–H and O–H groups in total. The Morgan fingerprint density at radius 3 is 2.42 bits per heavy atom.